The van der Waals surface area contributed by atoms with Crippen LogP contribution in [-0.2, 0) is 0 Å². The van der Waals surface area contributed by atoms with Gasteiger partial charge in [0.1, 0.15) is 0 Å². The SMILES string of the molecule is OC=C1C=CN=CC1. The average Bonchev–Trinajstić information content (AvgIpc) is 1.90. The number of hydrogen-bond donors (Lipinski definition) is 1. The molecule has 0 aromatic rings. The molecule has 0 amide bonds. The van der Waals surface area contributed by atoms with Gasteiger partial charge in [-0.25, -0.2) is 0 Å². The van der Waals surface area contributed by atoms with Gasteiger partial charge < -0.3 is 5.11 Å². The first-order chi connectivity index (χ1) is 3.93. The normalized spacial score (nSPS) is 22.2. The summed E-state index contributed by atoms with van der Waals surface area (Å²) in [4.78, 5) is 3.82. The van der Waals surface area contributed by atoms with Crippen LogP contribution in [0.5, 0.6) is 0 Å². The summed E-state index contributed by atoms with van der Waals surface area (Å²) in [6, 6.07) is 0. The van der Waals surface area contributed by atoms with Crippen LogP contribution < -0.4 is 0 Å². The molecule has 0 fully saturated rings. The molecule has 0 radical (unpaired) electrons. The summed E-state index contributed by atoms with van der Waals surface area (Å²) >= 11 is 0. The maximum Gasteiger partial charge on any atom is 0.0827 e. The second kappa shape index (κ2) is 2.31. The van der Waals surface area contributed by atoms with E-state index in [4.69, 9.17) is 5.11 Å². The largest absolute Gasteiger partial charge is 0.515 e. The minimum atomic E-state index is 0.743. The first kappa shape index (κ1) is 5.09. The number of allylic oxidation sites excluding steroid dienone is 2. The number of aliphatic imine (C=N–C) groups is 1. The van der Waals surface area contributed by atoms with E-state index in [1.54, 1.807) is 18.5 Å². The molecule has 0 aromatic heterocycles. The molecule has 0 unspecified atom stereocenters. The molecule has 2 nitrogen and oxygen atoms in total. The van der Waals surface area contributed by atoms with Crippen molar-refractivity contribution >= 4 is 6.21 Å². The number of aliphatic hydroxyl groups excluding tert-OH is 1. The molecule has 0 spiro atoms. The predicted octanol–water partition coefficient (Wildman–Crippen LogP) is 1.42. The predicted molar refractivity (Wildman–Crippen MR) is 33.0 cm³/mol. The highest BCUT2D eigenvalue weighted by Gasteiger charge is 1.90. The van der Waals surface area contributed by atoms with Gasteiger partial charge in [0.15, 0.2) is 0 Å². The van der Waals surface area contributed by atoms with E-state index in [1.807, 2.05) is 0 Å². The van der Waals surface area contributed by atoms with Gasteiger partial charge in [0, 0.05) is 18.8 Å². The Bertz CT molecular complexity index is 156. The highest BCUT2D eigenvalue weighted by molar-refractivity contribution is 5.65. The summed E-state index contributed by atoms with van der Waals surface area (Å²) in [5.74, 6) is 0. The van der Waals surface area contributed by atoms with Crippen molar-refractivity contribution < 1.29 is 5.11 Å². The van der Waals surface area contributed by atoms with Gasteiger partial charge in [0.05, 0.1) is 6.26 Å². The molecular weight excluding hydrogens is 102 g/mol. The molecule has 0 aliphatic carbocycles. The third-order valence-electron chi connectivity index (χ3n) is 0.973. The molecule has 2 heteroatoms. The van der Waals surface area contributed by atoms with Gasteiger partial charge >= 0.3 is 0 Å². The van der Waals surface area contributed by atoms with E-state index in [-0.39, 0.29) is 0 Å². The highest BCUT2D eigenvalue weighted by atomic mass is 16.2. The fourth-order valence-electron chi connectivity index (χ4n) is 0.522. The first-order valence-electron chi connectivity index (χ1n) is 2.45. The minimum absolute atomic E-state index is 0.743. The summed E-state index contributed by atoms with van der Waals surface area (Å²) in [6.07, 6.45) is 7.03. The highest BCUT2D eigenvalue weighted by Crippen LogP contribution is 2.03. The van der Waals surface area contributed by atoms with Crippen LogP contribution in [0.4, 0.5) is 0 Å². The van der Waals surface area contributed by atoms with Crippen LogP contribution in [0.1, 0.15) is 6.42 Å². The van der Waals surface area contributed by atoms with Gasteiger partial charge in [-0.15, -0.1) is 0 Å². The monoisotopic (exact) mass is 109 g/mol. The zero-order chi connectivity index (χ0) is 5.82. The van der Waals surface area contributed by atoms with Crippen molar-refractivity contribution in [3.05, 3.63) is 24.1 Å². The van der Waals surface area contributed by atoms with Crippen molar-refractivity contribution in [2.24, 2.45) is 4.99 Å². The Morgan fingerprint density at radius 2 is 2.62 bits per heavy atom. The minimum Gasteiger partial charge on any atom is -0.515 e. The first-order valence-corrected chi connectivity index (χ1v) is 2.45. The van der Waals surface area contributed by atoms with Gasteiger partial charge in [0.25, 0.3) is 0 Å². The quantitative estimate of drug-likeness (QED) is 0.469. The second-order valence-corrected chi connectivity index (χ2v) is 1.56. The van der Waals surface area contributed by atoms with Crippen molar-refractivity contribution in [2.45, 2.75) is 6.42 Å². The standard InChI is InChI=1S/C6H7NO/c8-5-6-1-3-7-4-2-6/h1,3-5,8H,2H2. The molecular formula is C6H7NO. The number of hydrogen-bond acceptors (Lipinski definition) is 2. The molecule has 1 N–H and O–H groups in total. The molecule has 0 saturated carbocycles. The van der Waals surface area contributed by atoms with Gasteiger partial charge in [0.2, 0.25) is 0 Å². The van der Waals surface area contributed by atoms with E-state index in [2.05, 4.69) is 4.99 Å². The van der Waals surface area contributed by atoms with Crippen molar-refractivity contribution in [3.8, 4) is 0 Å². The Morgan fingerprint density at radius 3 is 3.00 bits per heavy atom. The second-order valence-electron chi connectivity index (χ2n) is 1.56. The molecule has 1 aliphatic heterocycles. The van der Waals surface area contributed by atoms with Crippen LogP contribution in [0.15, 0.2) is 29.1 Å². The molecule has 1 heterocycles. The van der Waals surface area contributed by atoms with Gasteiger partial charge in [-0.1, -0.05) is 0 Å². The lowest BCUT2D eigenvalue weighted by molar-refractivity contribution is 0.468. The Morgan fingerprint density at radius 1 is 1.75 bits per heavy atom. The van der Waals surface area contributed by atoms with Crippen LogP contribution in [0, 0.1) is 0 Å². The van der Waals surface area contributed by atoms with E-state index >= 15 is 0 Å². The lowest BCUT2D eigenvalue weighted by atomic mass is 10.2. The van der Waals surface area contributed by atoms with E-state index in [1.165, 1.54) is 0 Å². The summed E-state index contributed by atoms with van der Waals surface area (Å²) in [5.41, 5.74) is 0.903. The van der Waals surface area contributed by atoms with Crippen LogP contribution >= 0.6 is 0 Å². The zero-order valence-corrected chi connectivity index (χ0v) is 4.41. The fourth-order valence-corrected chi connectivity index (χ4v) is 0.522. The van der Waals surface area contributed by atoms with E-state index in [9.17, 15) is 0 Å². The number of rotatable bonds is 0. The zero-order valence-electron chi connectivity index (χ0n) is 4.41. The number of aliphatic hydroxyl groups is 1. The van der Waals surface area contributed by atoms with Gasteiger partial charge in [-0.05, 0) is 11.6 Å². The van der Waals surface area contributed by atoms with Crippen molar-refractivity contribution in [1.82, 2.24) is 0 Å². The summed E-state index contributed by atoms with van der Waals surface area (Å²) < 4.78 is 0. The van der Waals surface area contributed by atoms with Crippen LogP contribution in [0.3, 0.4) is 0 Å². The maximum atomic E-state index is 8.42. The average molecular weight is 109 g/mol. The van der Waals surface area contributed by atoms with E-state index in [0.29, 0.717) is 0 Å². The molecule has 8 heavy (non-hydrogen) atoms. The molecule has 0 atom stereocenters. The molecule has 0 saturated heterocycles. The summed E-state index contributed by atoms with van der Waals surface area (Å²) in [5, 5.41) is 8.42. The number of nitrogens with zero attached hydrogens (tertiary/aromatic N) is 1. The third-order valence-corrected chi connectivity index (χ3v) is 0.973. The summed E-state index contributed by atoms with van der Waals surface area (Å²) in [6.45, 7) is 0. The van der Waals surface area contributed by atoms with Crippen LogP contribution in [-0.4, -0.2) is 11.3 Å². The van der Waals surface area contributed by atoms with E-state index < -0.39 is 0 Å². The topological polar surface area (TPSA) is 32.6 Å². The smallest absolute Gasteiger partial charge is 0.0827 e. The van der Waals surface area contributed by atoms with Gasteiger partial charge in [-0.2, -0.15) is 0 Å². The third kappa shape index (κ3) is 0.964. The molecule has 1 rings (SSSR count). The van der Waals surface area contributed by atoms with Crippen LogP contribution in [0.25, 0.3) is 0 Å². The van der Waals surface area contributed by atoms with Crippen molar-refractivity contribution in [2.75, 3.05) is 0 Å². The molecule has 0 bridgehead atoms. The Labute approximate surface area is 47.9 Å². The Balaban J connectivity index is 2.66. The van der Waals surface area contributed by atoms with Crippen molar-refractivity contribution in [3.63, 3.8) is 0 Å². The fraction of sp³-hybridized carbons (Fsp3) is 0.167. The van der Waals surface area contributed by atoms with E-state index in [0.717, 1.165) is 18.3 Å². The Kier molecular flexibility index (Phi) is 1.47. The maximum absolute atomic E-state index is 8.42. The lowest BCUT2D eigenvalue weighted by Crippen LogP contribution is -1.84. The lowest BCUT2D eigenvalue weighted by Gasteiger charge is -1.95. The van der Waals surface area contributed by atoms with Gasteiger partial charge in [-0.3, -0.25) is 4.99 Å². The molecule has 1 aliphatic rings. The molecule has 42 valence electrons. The summed E-state index contributed by atoms with van der Waals surface area (Å²) in [7, 11) is 0. The van der Waals surface area contributed by atoms with Crippen molar-refractivity contribution in [1.29, 1.82) is 0 Å². The molecule has 0 aromatic carbocycles. The Hall–Kier alpha value is -1.05. The van der Waals surface area contributed by atoms with Crippen LogP contribution in [0.2, 0.25) is 0 Å².